The van der Waals surface area contributed by atoms with Gasteiger partial charge in [-0.3, -0.25) is 13.9 Å². The van der Waals surface area contributed by atoms with E-state index in [-0.39, 0.29) is 18.1 Å². The number of aryl methyl sites for hydroxylation is 2. The Bertz CT molecular complexity index is 951. The minimum atomic E-state index is -0.151. The monoisotopic (exact) mass is 342 g/mol. The largest absolute Gasteiger partial charge is 0.361 e. The minimum absolute atomic E-state index is 0.00337. The molecule has 0 spiro atoms. The fourth-order valence-corrected chi connectivity index (χ4v) is 2.94. The molecule has 0 bridgehead atoms. The molecule has 132 valence electrons. The van der Waals surface area contributed by atoms with Gasteiger partial charge in [0.1, 0.15) is 18.0 Å². The Balaban J connectivity index is 1.85. The van der Waals surface area contributed by atoms with Crippen LogP contribution in [0.3, 0.4) is 0 Å². The van der Waals surface area contributed by atoms with Crippen molar-refractivity contribution in [1.29, 1.82) is 0 Å². The maximum absolute atomic E-state index is 12.7. The van der Waals surface area contributed by atoms with Gasteiger partial charge in [-0.1, -0.05) is 24.2 Å². The molecule has 1 aromatic carbocycles. The summed E-state index contributed by atoms with van der Waals surface area (Å²) in [6.07, 6.45) is 0.854. The number of imidazole rings is 1. The molecular formula is C18H22N4O3. The Morgan fingerprint density at radius 2 is 1.92 bits per heavy atom. The summed E-state index contributed by atoms with van der Waals surface area (Å²) in [5.41, 5.74) is 2.17. The van der Waals surface area contributed by atoms with Crippen LogP contribution in [0, 0.1) is 6.92 Å². The summed E-state index contributed by atoms with van der Waals surface area (Å²) in [6.45, 7) is 4.81. The van der Waals surface area contributed by atoms with E-state index in [0.717, 1.165) is 17.5 Å². The average molecular weight is 342 g/mol. The predicted molar refractivity (Wildman–Crippen MR) is 94.2 cm³/mol. The lowest BCUT2D eigenvalue weighted by Gasteiger charge is -2.15. The first-order chi connectivity index (χ1) is 12.0. The molecule has 0 aliphatic carbocycles. The third-order valence-corrected chi connectivity index (χ3v) is 4.17. The molecule has 0 aliphatic rings. The molecule has 7 heteroatoms. The SMILES string of the molecule is CCCn1c(=O)n(CC(=O)N(C)Cc2cc(C)on2)c2ccccc21. The summed E-state index contributed by atoms with van der Waals surface area (Å²) in [5, 5.41) is 3.90. The maximum atomic E-state index is 12.7. The normalized spacial score (nSPS) is 11.2. The van der Waals surface area contributed by atoms with E-state index in [0.29, 0.717) is 24.5 Å². The second-order valence-corrected chi connectivity index (χ2v) is 6.19. The third kappa shape index (κ3) is 3.35. The second-order valence-electron chi connectivity index (χ2n) is 6.19. The van der Waals surface area contributed by atoms with Crippen LogP contribution in [0.2, 0.25) is 0 Å². The van der Waals surface area contributed by atoms with Crippen LogP contribution >= 0.6 is 0 Å². The molecule has 0 atom stereocenters. The van der Waals surface area contributed by atoms with E-state index in [1.165, 1.54) is 4.57 Å². The van der Waals surface area contributed by atoms with Crippen molar-refractivity contribution in [2.45, 2.75) is 39.9 Å². The van der Waals surface area contributed by atoms with E-state index in [4.69, 9.17) is 4.52 Å². The number of para-hydroxylation sites is 2. The standard InChI is InChI=1S/C18H22N4O3/c1-4-9-21-15-7-5-6-8-16(15)22(18(21)24)12-17(23)20(3)11-14-10-13(2)25-19-14/h5-8,10H,4,9,11-12H2,1-3H3. The number of fused-ring (bicyclic) bond motifs is 1. The zero-order valence-electron chi connectivity index (χ0n) is 14.7. The Hall–Kier alpha value is -2.83. The lowest BCUT2D eigenvalue weighted by Crippen LogP contribution is -2.34. The van der Waals surface area contributed by atoms with Crippen molar-refractivity contribution >= 4 is 16.9 Å². The number of aromatic nitrogens is 3. The highest BCUT2D eigenvalue weighted by Crippen LogP contribution is 2.14. The van der Waals surface area contributed by atoms with Crippen LogP contribution in [-0.2, 0) is 24.4 Å². The molecule has 2 aromatic heterocycles. The highest BCUT2D eigenvalue weighted by molar-refractivity contribution is 5.80. The molecule has 0 unspecified atom stereocenters. The molecule has 0 aliphatic heterocycles. The van der Waals surface area contributed by atoms with Gasteiger partial charge >= 0.3 is 5.69 Å². The first kappa shape index (κ1) is 17.0. The molecule has 0 saturated carbocycles. The van der Waals surface area contributed by atoms with Crippen LogP contribution in [0.4, 0.5) is 0 Å². The molecule has 7 nitrogen and oxygen atoms in total. The van der Waals surface area contributed by atoms with Crippen LogP contribution < -0.4 is 5.69 Å². The van der Waals surface area contributed by atoms with Crippen LogP contribution in [0.5, 0.6) is 0 Å². The van der Waals surface area contributed by atoms with Gasteiger partial charge in [0.25, 0.3) is 0 Å². The quantitative estimate of drug-likeness (QED) is 0.688. The molecule has 3 rings (SSSR count). The van der Waals surface area contributed by atoms with Crippen molar-refractivity contribution in [3.8, 4) is 0 Å². The summed E-state index contributed by atoms with van der Waals surface area (Å²) >= 11 is 0. The van der Waals surface area contributed by atoms with Gasteiger partial charge < -0.3 is 9.42 Å². The van der Waals surface area contributed by atoms with E-state index in [1.807, 2.05) is 31.2 Å². The van der Waals surface area contributed by atoms with Gasteiger partial charge in [-0.25, -0.2) is 4.79 Å². The predicted octanol–water partition coefficient (Wildman–Crippen LogP) is 2.17. The minimum Gasteiger partial charge on any atom is -0.361 e. The van der Waals surface area contributed by atoms with Crippen molar-refractivity contribution in [1.82, 2.24) is 19.2 Å². The molecule has 0 saturated heterocycles. The molecule has 0 N–H and O–H groups in total. The van der Waals surface area contributed by atoms with Gasteiger partial charge in [0.15, 0.2) is 0 Å². The van der Waals surface area contributed by atoms with Gasteiger partial charge in [-0.05, 0) is 25.5 Å². The smallest absolute Gasteiger partial charge is 0.329 e. The number of hydrogen-bond donors (Lipinski definition) is 0. The summed E-state index contributed by atoms with van der Waals surface area (Å²) < 4.78 is 8.29. The molecule has 0 radical (unpaired) electrons. The maximum Gasteiger partial charge on any atom is 0.329 e. The first-order valence-corrected chi connectivity index (χ1v) is 8.35. The van der Waals surface area contributed by atoms with E-state index < -0.39 is 0 Å². The molecule has 25 heavy (non-hydrogen) atoms. The van der Waals surface area contributed by atoms with Gasteiger partial charge in [0.05, 0.1) is 17.6 Å². The number of nitrogens with zero attached hydrogens (tertiary/aromatic N) is 4. The fourth-order valence-electron chi connectivity index (χ4n) is 2.94. The zero-order valence-corrected chi connectivity index (χ0v) is 14.7. The Kier molecular flexibility index (Phi) is 4.74. The van der Waals surface area contributed by atoms with E-state index >= 15 is 0 Å². The van der Waals surface area contributed by atoms with Crippen molar-refractivity contribution in [2.24, 2.45) is 0 Å². The summed E-state index contributed by atoms with van der Waals surface area (Å²) in [5.74, 6) is 0.553. The number of likely N-dealkylation sites (N-methyl/N-ethyl adjacent to an activating group) is 1. The van der Waals surface area contributed by atoms with Gasteiger partial charge in [0.2, 0.25) is 5.91 Å². The van der Waals surface area contributed by atoms with Crippen molar-refractivity contribution < 1.29 is 9.32 Å². The van der Waals surface area contributed by atoms with Crippen LogP contribution in [0.1, 0.15) is 24.8 Å². The molecule has 1 amide bonds. The number of rotatable bonds is 6. The fraction of sp³-hybridized carbons (Fsp3) is 0.389. The first-order valence-electron chi connectivity index (χ1n) is 8.35. The molecule has 0 fully saturated rings. The van der Waals surface area contributed by atoms with E-state index in [2.05, 4.69) is 5.16 Å². The third-order valence-electron chi connectivity index (χ3n) is 4.17. The van der Waals surface area contributed by atoms with E-state index in [9.17, 15) is 9.59 Å². The summed E-state index contributed by atoms with van der Waals surface area (Å²) in [4.78, 5) is 26.9. The molecular weight excluding hydrogens is 320 g/mol. The van der Waals surface area contributed by atoms with Gasteiger partial charge in [-0.15, -0.1) is 0 Å². The number of hydrogen-bond acceptors (Lipinski definition) is 4. The molecule has 3 aromatic rings. The van der Waals surface area contributed by atoms with Gasteiger partial charge in [0, 0.05) is 19.7 Å². The number of benzene rings is 1. The Morgan fingerprint density at radius 3 is 2.52 bits per heavy atom. The summed E-state index contributed by atoms with van der Waals surface area (Å²) in [7, 11) is 1.70. The lowest BCUT2D eigenvalue weighted by atomic mass is 10.3. The zero-order chi connectivity index (χ0) is 18.0. The highest BCUT2D eigenvalue weighted by Gasteiger charge is 2.18. The van der Waals surface area contributed by atoms with Crippen molar-refractivity contribution in [2.75, 3.05) is 7.05 Å². The number of carbonyl (C=O) groups is 1. The Labute approximate surface area is 145 Å². The lowest BCUT2D eigenvalue weighted by molar-refractivity contribution is -0.131. The van der Waals surface area contributed by atoms with Crippen LogP contribution in [0.15, 0.2) is 39.6 Å². The van der Waals surface area contributed by atoms with E-state index in [1.54, 1.807) is 29.5 Å². The Morgan fingerprint density at radius 1 is 1.24 bits per heavy atom. The van der Waals surface area contributed by atoms with Gasteiger partial charge in [-0.2, -0.15) is 0 Å². The number of carbonyl (C=O) groups excluding carboxylic acids is 1. The average Bonchev–Trinajstić information content (AvgIpc) is 3.11. The topological polar surface area (TPSA) is 73.3 Å². The van der Waals surface area contributed by atoms with Crippen LogP contribution in [-0.4, -0.2) is 32.1 Å². The molecule has 2 heterocycles. The summed E-state index contributed by atoms with van der Waals surface area (Å²) in [6, 6.07) is 9.36. The number of amides is 1. The van der Waals surface area contributed by atoms with Crippen molar-refractivity contribution in [3.63, 3.8) is 0 Å². The van der Waals surface area contributed by atoms with Crippen molar-refractivity contribution in [3.05, 3.63) is 52.3 Å². The van der Waals surface area contributed by atoms with Crippen LogP contribution in [0.25, 0.3) is 11.0 Å². The highest BCUT2D eigenvalue weighted by atomic mass is 16.5. The second kappa shape index (κ2) is 6.96.